The molecular weight excluding hydrogens is 397 g/mol. The van der Waals surface area contributed by atoms with E-state index >= 15 is 0 Å². The molecule has 2 aromatic rings. The fourth-order valence-corrected chi connectivity index (χ4v) is 5.07. The smallest absolute Gasteiger partial charge is 0.405 e. The van der Waals surface area contributed by atoms with Gasteiger partial charge in [0.1, 0.15) is 17.2 Å². The number of nitrogens with zero attached hydrogens (tertiary/aromatic N) is 1. The second-order valence-corrected chi connectivity index (χ2v) is 8.77. The number of benzene rings is 1. The molecule has 1 heterocycles. The van der Waals surface area contributed by atoms with Crippen LogP contribution in [0.4, 0.5) is 13.2 Å². The van der Waals surface area contributed by atoms with Gasteiger partial charge in [-0.15, -0.1) is 13.2 Å². The first-order valence-corrected chi connectivity index (χ1v) is 10.6. The third-order valence-electron chi connectivity index (χ3n) is 6.73. The van der Waals surface area contributed by atoms with Crippen LogP contribution >= 0.6 is 0 Å². The van der Waals surface area contributed by atoms with Crippen LogP contribution < -0.4 is 10.5 Å². The zero-order chi connectivity index (χ0) is 20.9. The van der Waals surface area contributed by atoms with Crippen molar-refractivity contribution in [1.82, 2.24) is 5.16 Å². The van der Waals surface area contributed by atoms with Gasteiger partial charge >= 0.3 is 6.36 Å². The molecule has 5 rings (SSSR count). The number of para-hydroxylation sites is 1. The Morgan fingerprint density at radius 3 is 2.43 bits per heavy atom. The molecule has 3 saturated carbocycles. The molecular formula is C22H25F3N2O3. The van der Waals surface area contributed by atoms with E-state index in [1.807, 2.05) is 0 Å². The molecule has 0 radical (unpaired) electrons. The van der Waals surface area contributed by atoms with Gasteiger partial charge in [-0.25, -0.2) is 0 Å². The molecule has 2 N–H and O–H groups in total. The summed E-state index contributed by atoms with van der Waals surface area (Å²) in [5.74, 6) is 1.70. The highest BCUT2D eigenvalue weighted by Gasteiger charge is 2.41. The van der Waals surface area contributed by atoms with E-state index in [-0.39, 0.29) is 36.0 Å². The summed E-state index contributed by atoms with van der Waals surface area (Å²) in [7, 11) is 0. The SMILES string of the molecule is N[C@@H]1[C@@H]2CC[C@H]1C[C@@H](OCc1c(-c3ccccc3OC(F)(F)F)noc1C1CC1)C2. The van der Waals surface area contributed by atoms with Crippen LogP contribution in [0.5, 0.6) is 5.75 Å². The lowest BCUT2D eigenvalue weighted by Gasteiger charge is -2.33. The van der Waals surface area contributed by atoms with Crippen LogP contribution in [0.25, 0.3) is 11.3 Å². The van der Waals surface area contributed by atoms with Gasteiger partial charge in [-0.1, -0.05) is 17.3 Å². The average Bonchev–Trinajstić information content (AvgIpc) is 3.42. The van der Waals surface area contributed by atoms with Crippen LogP contribution in [-0.2, 0) is 11.3 Å². The number of halogens is 3. The molecule has 0 aliphatic heterocycles. The monoisotopic (exact) mass is 422 g/mol. The van der Waals surface area contributed by atoms with E-state index in [0.29, 0.717) is 17.5 Å². The molecule has 1 aromatic carbocycles. The Morgan fingerprint density at radius 2 is 1.77 bits per heavy atom. The number of alkyl halides is 3. The van der Waals surface area contributed by atoms with Gasteiger partial charge in [0.2, 0.25) is 0 Å². The second kappa shape index (κ2) is 7.57. The Bertz CT molecular complexity index is 895. The van der Waals surface area contributed by atoms with Crippen molar-refractivity contribution in [2.45, 2.75) is 69.6 Å². The zero-order valence-electron chi connectivity index (χ0n) is 16.5. The molecule has 0 amide bonds. The zero-order valence-corrected chi connectivity index (χ0v) is 16.5. The highest BCUT2D eigenvalue weighted by molar-refractivity contribution is 5.70. The summed E-state index contributed by atoms with van der Waals surface area (Å²) in [6.07, 6.45) is 1.49. The maximum Gasteiger partial charge on any atom is 0.573 e. The lowest BCUT2D eigenvalue weighted by atomic mass is 9.83. The lowest BCUT2D eigenvalue weighted by Crippen LogP contribution is -2.40. The van der Waals surface area contributed by atoms with Gasteiger partial charge in [0.05, 0.1) is 12.7 Å². The number of fused-ring (bicyclic) bond motifs is 2. The summed E-state index contributed by atoms with van der Waals surface area (Å²) in [6.45, 7) is 0.268. The van der Waals surface area contributed by atoms with Crippen LogP contribution in [0.2, 0.25) is 0 Å². The van der Waals surface area contributed by atoms with E-state index in [0.717, 1.165) is 49.8 Å². The van der Waals surface area contributed by atoms with E-state index in [1.165, 1.54) is 12.1 Å². The Balaban J connectivity index is 1.40. The van der Waals surface area contributed by atoms with Crippen molar-refractivity contribution in [2.24, 2.45) is 17.6 Å². The minimum atomic E-state index is -4.78. The standard InChI is InChI=1S/C22H25F3N2O3/c23-22(24,25)29-18-4-2-1-3-16(18)20-17(21(30-27-20)12-5-6-12)11-28-15-9-13-7-8-14(10-15)19(13)26/h1-4,12-15,19H,5-11,26H2/t13-,14+,15+,19-. The van der Waals surface area contributed by atoms with Crippen molar-refractivity contribution in [3.05, 3.63) is 35.6 Å². The van der Waals surface area contributed by atoms with Crippen molar-refractivity contribution in [1.29, 1.82) is 0 Å². The minimum Gasteiger partial charge on any atom is -0.405 e. The predicted molar refractivity (Wildman–Crippen MR) is 103 cm³/mol. The van der Waals surface area contributed by atoms with Gasteiger partial charge in [-0.3, -0.25) is 0 Å². The quantitative estimate of drug-likeness (QED) is 0.697. The Kier molecular flexibility index (Phi) is 5.01. The van der Waals surface area contributed by atoms with E-state index in [1.54, 1.807) is 12.1 Å². The molecule has 0 unspecified atom stereocenters. The molecule has 0 spiro atoms. The van der Waals surface area contributed by atoms with Crippen molar-refractivity contribution < 1.29 is 27.2 Å². The first kappa shape index (κ1) is 19.9. The van der Waals surface area contributed by atoms with Crippen molar-refractivity contribution >= 4 is 0 Å². The van der Waals surface area contributed by atoms with Gasteiger partial charge < -0.3 is 19.7 Å². The summed E-state index contributed by atoms with van der Waals surface area (Å²) in [5, 5.41) is 4.13. The van der Waals surface area contributed by atoms with Crippen LogP contribution in [0.3, 0.4) is 0 Å². The third kappa shape index (κ3) is 3.95. The number of hydrogen-bond acceptors (Lipinski definition) is 5. The summed E-state index contributed by atoms with van der Waals surface area (Å²) in [6, 6.07) is 6.29. The predicted octanol–water partition coefficient (Wildman–Crippen LogP) is 5.15. The largest absolute Gasteiger partial charge is 0.573 e. The number of ether oxygens (including phenoxy) is 2. The first-order valence-electron chi connectivity index (χ1n) is 10.6. The fraction of sp³-hybridized carbons (Fsp3) is 0.591. The molecule has 3 aliphatic carbocycles. The molecule has 3 fully saturated rings. The molecule has 30 heavy (non-hydrogen) atoms. The lowest BCUT2D eigenvalue weighted by molar-refractivity contribution is -0.274. The summed E-state index contributed by atoms with van der Waals surface area (Å²) in [4.78, 5) is 0. The molecule has 3 aliphatic rings. The number of nitrogens with two attached hydrogens (primary N) is 1. The molecule has 2 bridgehead atoms. The molecule has 0 saturated heterocycles. The second-order valence-electron chi connectivity index (χ2n) is 8.77. The Morgan fingerprint density at radius 1 is 1.07 bits per heavy atom. The van der Waals surface area contributed by atoms with Gasteiger partial charge in [0.15, 0.2) is 0 Å². The average molecular weight is 422 g/mol. The van der Waals surface area contributed by atoms with Gasteiger partial charge in [-0.2, -0.15) is 0 Å². The third-order valence-corrected chi connectivity index (χ3v) is 6.73. The molecule has 162 valence electrons. The Hall–Kier alpha value is -2.06. The highest BCUT2D eigenvalue weighted by atomic mass is 19.4. The van der Waals surface area contributed by atoms with Gasteiger partial charge in [-0.05, 0) is 62.5 Å². The van der Waals surface area contributed by atoms with Crippen molar-refractivity contribution in [2.75, 3.05) is 0 Å². The van der Waals surface area contributed by atoms with Crippen LogP contribution in [-0.4, -0.2) is 23.7 Å². The summed E-state index contributed by atoms with van der Waals surface area (Å²) in [5.41, 5.74) is 7.65. The molecule has 8 heteroatoms. The normalized spacial score (nSPS) is 28.7. The number of hydrogen-bond donors (Lipinski definition) is 1. The maximum absolute atomic E-state index is 12.9. The van der Waals surface area contributed by atoms with Crippen molar-refractivity contribution in [3.8, 4) is 17.0 Å². The van der Waals surface area contributed by atoms with Crippen LogP contribution in [0.15, 0.2) is 28.8 Å². The first-order chi connectivity index (χ1) is 14.4. The van der Waals surface area contributed by atoms with E-state index in [4.69, 9.17) is 15.0 Å². The van der Waals surface area contributed by atoms with Crippen LogP contribution in [0.1, 0.15) is 55.8 Å². The van der Waals surface area contributed by atoms with Gasteiger partial charge in [0.25, 0.3) is 0 Å². The van der Waals surface area contributed by atoms with E-state index in [2.05, 4.69) is 9.89 Å². The number of aromatic nitrogens is 1. The fourth-order valence-electron chi connectivity index (χ4n) is 5.07. The number of rotatable bonds is 6. The topological polar surface area (TPSA) is 70.5 Å². The summed E-state index contributed by atoms with van der Waals surface area (Å²) < 4.78 is 54.7. The highest BCUT2D eigenvalue weighted by Crippen LogP contribution is 2.47. The van der Waals surface area contributed by atoms with Gasteiger partial charge in [0, 0.05) is 23.1 Å². The molecule has 5 nitrogen and oxygen atoms in total. The summed E-state index contributed by atoms with van der Waals surface area (Å²) >= 11 is 0. The molecule has 4 atom stereocenters. The van der Waals surface area contributed by atoms with Crippen LogP contribution in [0, 0.1) is 11.8 Å². The van der Waals surface area contributed by atoms with E-state index in [9.17, 15) is 13.2 Å². The maximum atomic E-state index is 12.9. The minimum absolute atomic E-state index is 0.110. The molecule has 1 aromatic heterocycles. The Labute approximate surface area is 172 Å². The van der Waals surface area contributed by atoms with E-state index < -0.39 is 6.36 Å². The van der Waals surface area contributed by atoms with Crippen molar-refractivity contribution in [3.63, 3.8) is 0 Å².